The van der Waals surface area contributed by atoms with E-state index in [4.69, 9.17) is 9.72 Å². The van der Waals surface area contributed by atoms with E-state index in [9.17, 15) is 4.79 Å². The molecule has 176 valence electrons. The fourth-order valence-corrected chi connectivity index (χ4v) is 4.08. The number of aromatic nitrogens is 2. The minimum absolute atomic E-state index is 0.0530. The summed E-state index contributed by atoms with van der Waals surface area (Å²) in [6, 6.07) is 24.1. The molecule has 0 radical (unpaired) electrons. The zero-order valence-electron chi connectivity index (χ0n) is 20.5. The van der Waals surface area contributed by atoms with Crippen molar-refractivity contribution in [1.82, 2.24) is 14.9 Å². The van der Waals surface area contributed by atoms with Gasteiger partial charge in [0.2, 0.25) is 0 Å². The predicted octanol–water partition coefficient (Wildman–Crippen LogP) is 5.69. The molecule has 3 aromatic carbocycles. The quantitative estimate of drug-likeness (QED) is 0.371. The van der Waals surface area contributed by atoms with Crippen LogP contribution in [-0.2, 0) is 18.4 Å². The summed E-state index contributed by atoms with van der Waals surface area (Å²) in [6.45, 7) is 10.3. The van der Waals surface area contributed by atoms with Gasteiger partial charge in [0.1, 0.15) is 18.2 Å². The van der Waals surface area contributed by atoms with E-state index in [0.717, 1.165) is 28.2 Å². The Bertz CT molecular complexity index is 1270. The largest absolute Gasteiger partial charge is 0.492 e. The van der Waals surface area contributed by atoms with Crippen LogP contribution in [0.4, 0.5) is 0 Å². The van der Waals surface area contributed by atoms with Gasteiger partial charge in [-0.2, -0.15) is 0 Å². The van der Waals surface area contributed by atoms with Gasteiger partial charge in [0.15, 0.2) is 0 Å². The third-order valence-electron chi connectivity index (χ3n) is 6.06. The first kappa shape index (κ1) is 23.6. The SMILES string of the molecule is Cc1ccccc1C(=O)NCCc1nc2ccccc2n1CCOc1ccc(C(C)(C)C)cc1. The molecule has 0 aliphatic carbocycles. The highest BCUT2D eigenvalue weighted by molar-refractivity contribution is 5.95. The van der Waals surface area contributed by atoms with E-state index >= 15 is 0 Å². The Kier molecular flexibility index (Phi) is 7.01. The number of carbonyl (C=O) groups excluding carboxylic acids is 1. The molecule has 0 atom stereocenters. The van der Waals surface area contributed by atoms with Crippen LogP contribution in [0, 0.1) is 6.92 Å². The van der Waals surface area contributed by atoms with Gasteiger partial charge in [-0.05, 0) is 53.8 Å². The first-order valence-corrected chi connectivity index (χ1v) is 11.8. The summed E-state index contributed by atoms with van der Waals surface area (Å²) in [7, 11) is 0. The normalized spacial score (nSPS) is 11.5. The van der Waals surface area contributed by atoms with Crippen LogP contribution in [0.5, 0.6) is 5.75 Å². The summed E-state index contributed by atoms with van der Waals surface area (Å²) in [5, 5.41) is 3.04. The Morgan fingerprint density at radius 2 is 1.68 bits per heavy atom. The average Bonchev–Trinajstić information content (AvgIpc) is 3.16. The second-order valence-corrected chi connectivity index (χ2v) is 9.61. The number of fused-ring (bicyclic) bond motifs is 1. The molecule has 34 heavy (non-hydrogen) atoms. The zero-order chi connectivity index (χ0) is 24.1. The van der Waals surface area contributed by atoms with E-state index in [2.05, 4.69) is 48.9 Å². The average molecular weight is 456 g/mol. The van der Waals surface area contributed by atoms with Crippen LogP contribution in [0.2, 0.25) is 0 Å². The highest BCUT2D eigenvalue weighted by Gasteiger charge is 2.14. The van der Waals surface area contributed by atoms with E-state index in [-0.39, 0.29) is 11.3 Å². The molecule has 0 spiro atoms. The number of nitrogens with one attached hydrogen (secondary N) is 1. The van der Waals surface area contributed by atoms with Crippen molar-refractivity contribution in [3.63, 3.8) is 0 Å². The van der Waals surface area contributed by atoms with Gasteiger partial charge in [-0.1, -0.05) is 63.2 Å². The second kappa shape index (κ2) is 10.1. The van der Waals surface area contributed by atoms with Crippen LogP contribution >= 0.6 is 0 Å². The Labute approximate surface area is 201 Å². The second-order valence-electron chi connectivity index (χ2n) is 9.61. The van der Waals surface area contributed by atoms with E-state index in [0.29, 0.717) is 31.7 Å². The molecule has 0 saturated carbocycles. The van der Waals surface area contributed by atoms with Gasteiger partial charge >= 0.3 is 0 Å². The van der Waals surface area contributed by atoms with Crippen LogP contribution in [-0.4, -0.2) is 28.6 Å². The number of hydrogen-bond donors (Lipinski definition) is 1. The number of imidazole rings is 1. The van der Waals surface area contributed by atoms with Crippen molar-refractivity contribution < 1.29 is 9.53 Å². The zero-order valence-corrected chi connectivity index (χ0v) is 20.5. The van der Waals surface area contributed by atoms with Crippen molar-refractivity contribution in [3.05, 3.63) is 95.3 Å². The maximum atomic E-state index is 12.6. The van der Waals surface area contributed by atoms with E-state index in [1.165, 1.54) is 5.56 Å². The van der Waals surface area contributed by atoms with Crippen LogP contribution in [0.1, 0.15) is 48.1 Å². The van der Waals surface area contributed by atoms with Crippen LogP contribution in [0.15, 0.2) is 72.8 Å². The molecule has 5 heteroatoms. The molecule has 0 unspecified atom stereocenters. The number of carbonyl (C=O) groups is 1. The molecule has 4 rings (SSSR count). The number of aryl methyl sites for hydroxylation is 1. The summed E-state index contributed by atoms with van der Waals surface area (Å²) in [5.41, 5.74) is 5.13. The molecule has 1 aromatic heterocycles. The summed E-state index contributed by atoms with van der Waals surface area (Å²) >= 11 is 0. The summed E-state index contributed by atoms with van der Waals surface area (Å²) in [6.07, 6.45) is 0.645. The van der Waals surface area contributed by atoms with Gasteiger partial charge in [0.25, 0.3) is 5.91 Å². The molecule has 1 amide bonds. The highest BCUT2D eigenvalue weighted by Crippen LogP contribution is 2.24. The van der Waals surface area contributed by atoms with Crippen molar-refractivity contribution in [3.8, 4) is 5.75 Å². The molecule has 1 N–H and O–H groups in total. The summed E-state index contributed by atoms with van der Waals surface area (Å²) in [4.78, 5) is 17.4. The van der Waals surface area contributed by atoms with Gasteiger partial charge in [-0.25, -0.2) is 4.98 Å². The van der Waals surface area contributed by atoms with Crippen molar-refractivity contribution in [1.29, 1.82) is 0 Å². The topological polar surface area (TPSA) is 56.2 Å². The minimum Gasteiger partial charge on any atom is -0.492 e. The van der Waals surface area contributed by atoms with E-state index in [1.54, 1.807) is 0 Å². The van der Waals surface area contributed by atoms with Crippen molar-refractivity contribution >= 4 is 16.9 Å². The van der Waals surface area contributed by atoms with E-state index < -0.39 is 0 Å². The lowest BCUT2D eigenvalue weighted by Crippen LogP contribution is -2.27. The molecule has 0 fully saturated rings. The molecule has 0 aliphatic rings. The molecular formula is C29H33N3O2. The number of para-hydroxylation sites is 2. The molecular weight excluding hydrogens is 422 g/mol. The lowest BCUT2D eigenvalue weighted by Gasteiger charge is -2.19. The summed E-state index contributed by atoms with van der Waals surface area (Å²) < 4.78 is 8.24. The molecule has 0 bridgehead atoms. The molecule has 5 nitrogen and oxygen atoms in total. The Morgan fingerprint density at radius 3 is 2.41 bits per heavy atom. The summed E-state index contributed by atoms with van der Waals surface area (Å²) in [5.74, 6) is 1.75. The van der Waals surface area contributed by atoms with Crippen molar-refractivity contribution in [2.45, 2.75) is 46.1 Å². The lowest BCUT2D eigenvalue weighted by molar-refractivity contribution is 0.0953. The monoisotopic (exact) mass is 455 g/mol. The molecule has 0 saturated heterocycles. The van der Waals surface area contributed by atoms with Crippen LogP contribution in [0.25, 0.3) is 11.0 Å². The first-order valence-electron chi connectivity index (χ1n) is 11.8. The van der Waals surface area contributed by atoms with Crippen molar-refractivity contribution in [2.75, 3.05) is 13.2 Å². The predicted molar refractivity (Wildman–Crippen MR) is 138 cm³/mol. The van der Waals surface area contributed by atoms with Crippen LogP contribution < -0.4 is 10.1 Å². The highest BCUT2D eigenvalue weighted by atomic mass is 16.5. The number of benzene rings is 3. The van der Waals surface area contributed by atoms with Gasteiger partial charge in [0, 0.05) is 18.5 Å². The number of rotatable bonds is 8. The van der Waals surface area contributed by atoms with E-state index in [1.807, 2.05) is 61.5 Å². The van der Waals surface area contributed by atoms with Crippen molar-refractivity contribution in [2.24, 2.45) is 0 Å². The number of ether oxygens (including phenoxy) is 1. The number of hydrogen-bond acceptors (Lipinski definition) is 3. The fraction of sp³-hybridized carbons (Fsp3) is 0.310. The van der Waals surface area contributed by atoms with Gasteiger partial charge in [-0.3, -0.25) is 4.79 Å². The Balaban J connectivity index is 1.41. The van der Waals surface area contributed by atoms with Gasteiger partial charge in [-0.15, -0.1) is 0 Å². The minimum atomic E-state index is -0.0530. The third kappa shape index (κ3) is 5.48. The molecule has 0 aliphatic heterocycles. The lowest BCUT2D eigenvalue weighted by atomic mass is 9.87. The van der Waals surface area contributed by atoms with Gasteiger partial charge in [0.05, 0.1) is 17.6 Å². The fourth-order valence-electron chi connectivity index (χ4n) is 4.08. The molecule has 1 heterocycles. The third-order valence-corrected chi connectivity index (χ3v) is 6.06. The Morgan fingerprint density at radius 1 is 0.971 bits per heavy atom. The standard InChI is InChI=1S/C29H33N3O2/c1-21-9-5-6-10-24(21)28(33)30-18-17-27-31-25-11-7-8-12-26(25)32(27)19-20-34-23-15-13-22(14-16-23)29(2,3)4/h5-16H,17-20H2,1-4H3,(H,30,33). The maximum Gasteiger partial charge on any atom is 0.251 e. The maximum absolute atomic E-state index is 12.6. The van der Waals surface area contributed by atoms with Crippen LogP contribution in [0.3, 0.4) is 0 Å². The number of amides is 1. The first-order chi connectivity index (χ1) is 16.3. The molecule has 4 aromatic rings. The Hall–Kier alpha value is -3.60. The number of nitrogens with zero attached hydrogens (tertiary/aromatic N) is 2. The van der Waals surface area contributed by atoms with Gasteiger partial charge < -0.3 is 14.6 Å². The smallest absolute Gasteiger partial charge is 0.251 e.